The average molecular weight is 340 g/mol. The highest BCUT2D eigenvalue weighted by Crippen LogP contribution is 2.28. The number of carbonyl (C=O) groups is 1. The molecule has 1 N–H and O–H groups in total. The number of carbonyl (C=O) groups excluding carboxylic acids is 1. The van der Waals surface area contributed by atoms with E-state index in [-0.39, 0.29) is 5.91 Å². The van der Waals surface area contributed by atoms with Gasteiger partial charge in [-0.2, -0.15) is 0 Å². The smallest absolute Gasteiger partial charge is 0.246 e. The first-order valence-corrected chi connectivity index (χ1v) is 8.46. The van der Waals surface area contributed by atoms with Crippen LogP contribution in [0.15, 0.2) is 48.8 Å². The number of benzene rings is 1. The Balaban J connectivity index is 1.82. The van der Waals surface area contributed by atoms with E-state index in [9.17, 15) is 4.79 Å². The Labute approximate surface area is 148 Å². The number of aromatic nitrogens is 1. The van der Waals surface area contributed by atoms with Crippen molar-refractivity contribution < 1.29 is 9.53 Å². The molecule has 1 saturated heterocycles. The minimum absolute atomic E-state index is 0.0706. The molecule has 1 atom stereocenters. The van der Waals surface area contributed by atoms with Crippen LogP contribution in [0, 0.1) is 0 Å². The number of rotatable bonds is 5. The maximum Gasteiger partial charge on any atom is 0.246 e. The molecule has 1 amide bonds. The summed E-state index contributed by atoms with van der Waals surface area (Å²) in [4.78, 5) is 21.2. The SMILES string of the molecule is CN(C)C(C(=O)Nc1ccccc1N1CCOCC1)c1cccnc1. The molecule has 2 heterocycles. The normalized spacial score (nSPS) is 15.9. The largest absolute Gasteiger partial charge is 0.378 e. The zero-order chi connectivity index (χ0) is 17.6. The van der Waals surface area contributed by atoms with Crippen molar-refractivity contribution >= 4 is 17.3 Å². The number of morpholine rings is 1. The van der Waals surface area contributed by atoms with E-state index in [2.05, 4.69) is 15.2 Å². The van der Waals surface area contributed by atoms with Crippen LogP contribution in [-0.2, 0) is 9.53 Å². The number of amides is 1. The maximum absolute atomic E-state index is 13.0. The molecule has 3 rings (SSSR count). The zero-order valence-corrected chi connectivity index (χ0v) is 14.7. The van der Waals surface area contributed by atoms with Crippen LogP contribution < -0.4 is 10.2 Å². The van der Waals surface area contributed by atoms with E-state index in [1.54, 1.807) is 12.4 Å². The molecule has 0 aliphatic carbocycles. The summed E-state index contributed by atoms with van der Waals surface area (Å²) in [5, 5.41) is 3.10. The molecule has 2 aromatic rings. The van der Waals surface area contributed by atoms with E-state index in [0.717, 1.165) is 30.0 Å². The van der Waals surface area contributed by atoms with Crippen LogP contribution in [0.1, 0.15) is 11.6 Å². The van der Waals surface area contributed by atoms with Crippen molar-refractivity contribution in [2.24, 2.45) is 0 Å². The number of ether oxygens (including phenoxy) is 1. The first-order valence-electron chi connectivity index (χ1n) is 8.46. The average Bonchev–Trinajstić information content (AvgIpc) is 2.63. The van der Waals surface area contributed by atoms with Gasteiger partial charge in [-0.25, -0.2) is 0 Å². The lowest BCUT2D eigenvalue weighted by Crippen LogP contribution is -2.37. The highest BCUT2D eigenvalue weighted by atomic mass is 16.5. The molecule has 0 spiro atoms. The second-order valence-corrected chi connectivity index (χ2v) is 6.26. The summed E-state index contributed by atoms with van der Waals surface area (Å²) >= 11 is 0. The van der Waals surface area contributed by atoms with Gasteiger partial charge in [-0.1, -0.05) is 18.2 Å². The fourth-order valence-corrected chi connectivity index (χ4v) is 3.08. The Bertz CT molecular complexity index is 700. The predicted molar refractivity (Wildman–Crippen MR) is 98.8 cm³/mol. The number of nitrogens with zero attached hydrogens (tertiary/aromatic N) is 3. The first-order chi connectivity index (χ1) is 12.2. The summed E-state index contributed by atoms with van der Waals surface area (Å²) in [6.07, 6.45) is 3.44. The standard InChI is InChI=1S/C19H24N4O2/c1-22(2)18(15-6-5-9-20-14-15)19(24)21-16-7-3-4-8-17(16)23-10-12-25-13-11-23/h3-9,14,18H,10-13H2,1-2H3,(H,21,24). The Morgan fingerprint density at radius 2 is 1.96 bits per heavy atom. The monoisotopic (exact) mass is 340 g/mol. The summed E-state index contributed by atoms with van der Waals surface area (Å²) in [6, 6.07) is 11.3. The minimum atomic E-state index is -0.397. The van der Waals surface area contributed by atoms with Crippen LogP contribution in [-0.4, -0.2) is 56.2 Å². The van der Waals surface area contributed by atoms with Gasteiger partial charge in [0.15, 0.2) is 0 Å². The number of hydrogen-bond donors (Lipinski definition) is 1. The molecule has 1 unspecified atom stereocenters. The lowest BCUT2D eigenvalue weighted by Gasteiger charge is -2.31. The summed E-state index contributed by atoms with van der Waals surface area (Å²) < 4.78 is 5.43. The van der Waals surface area contributed by atoms with E-state index in [4.69, 9.17) is 4.74 Å². The van der Waals surface area contributed by atoms with Crippen molar-refractivity contribution in [3.8, 4) is 0 Å². The van der Waals surface area contributed by atoms with Gasteiger partial charge in [0.05, 0.1) is 24.6 Å². The second kappa shape index (κ2) is 8.09. The van der Waals surface area contributed by atoms with Crippen molar-refractivity contribution in [1.29, 1.82) is 0 Å². The Kier molecular flexibility index (Phi) is 5.63. The van der Waals surface area contributed by atoms with Gasteiger partial charge in [-0.3, -0.25) is 14.7 Å². The van der Waals surface area contributed by atoms with E-state index < -0.39 is 6.04 Å². The van der Waals surface area contributed by atoms with Crippen LogP contribution in [0.5, 0.6) is 0 Å². The third kappa shape index (κ3) is 4.15. The Hall–Kier alpha value is -2.44. The molecule has 1 aliphatic heterocycles. The Morgan fingerprint density at radius 3 is 2.64 bits per heavy atom. The second-order valence-electron chi connectivity index (χ2n) is 6.26. The lowest BCUT2D eigenvalue weighted by atomic mass is 10.1. The number of para-hydroxylation sites is 2. The topological polar surface area (TPSA) is 57.7 Å². The minimum Gasteiger partial charge on any atom is -0.378 e. The lowest BCUT2D eigenvalue weighted by molar-refractivity contribution is -0.120. The van der Waals surface area contributed by atoms with Crippen molar-refractivity contribution in [2.45, 2.75) is 6.04 Å². The van der Waals surface area contributed by atoms with Crippen molar-refractivity contribution in [3.05, 3.63) is 54.4 Å². The zero-order valence-electron chi connectivity index (χ0n) is 14.7. The van der Waals surface area contributed by atoms with Gasteiger partial charge in [0.1, 0.15) is 6.04 Å². The van der Waals surface area contributed by atoms with Gasteiger partial charge in [-0.15, -0.1) is 0 Å². The summed E-state index contributed by atoms with van der Waals surface area (Å²) in [7, 11) is 3.79. The fourth-order valence-electron chi connectivity index (χ4n) is 3.08. The molecule has 25 heavy (non-hydrogen) atoms. The van der Waals surface area contributed by atoms with Crippen molar-refractivity contribution in [2.75, 3.05) is 50.6 Å². The van der Waals surface area contributed by atoms with E-state index in [0.29, 0.717) is 13.2 Å². The van der Waals surface area contributed by atoms with Crippen LogP contribution in [0.4, 0.5) is 11.4 Å². The number of pyridine rings is 1. The molecule has 0 radical (unpaired) electrons. The van der Waals surface area contributed by atoms with E-state index in [1.165, 1.54) is 0 Å². The van der Waals surface area contributed by atoms with Crippen molar-refractivity contribution in [3.63, 3.8) is 0 Å². The van der Waals surface area contributed by atoms with Gasteiger partial charge in [0.2, 0.25) is 5.91 Å². The van der Waals surface area contributed by atoms with Crippen molar-refractivity contribution in [1.82, 2.24) is 9.88 Å². The molecular weight excluding hydrogens is 316 g/mol. The quantitative estimate of drug-likeness (QED) is 0.904. The van der Waals surface area contributed by atoms with Gasteiger partial charge >= 0.3 is 0 Å². The molecule has 1 aromatic carbocycles. The van der Waals surface area contributed by atoms with Gasteiger partial charge in [0, 0.05) is 25.5 Å². The van der Waals surface area contributed by atoms with Gasteiger partial charge in [0.25, 0.3) is 0 Å². The third-order valence-electron chi connectivity index (χ3n) is 4.28. The van der Waals surface area contributed by atoms with Gasteiger partial charge < -0.3 is 15.0 Å². The summed E-state index contributed by atoms with van der Waals surface area (Å²) in [6.45, 7) is 3.07. The van der Waals surface area contributed by atoms with Gasteiger partial charge in [-0.05, 0) is 37.9 Å². The number of anilines is 2. The molecule has 132 valence electrons. The fraction of sp³-hybridized carbons (Fsp3) is 0.368. The Morgan fingerprint density at radius 1 is 1.20 bits per heavy atom. The molecule has 6 nitrogen and oxygen atoms in total. The summed E-state index contributed by atoms with van der Waals surface area (Å²) in [5.74, 6) is -0.0706. The van der Waals surface area contributed by atoms with E-state index in [1.807, 2.05) is 55.4 Å². The molecule has 6 heteroatoms. The molecule has 1 aromatic heterocycles. The van der Waals surface area contributed by atoms with Crippen LogP contribution in [0.2, 0.25) is 0 Å². The highest BCUT2D eigenvalue weighted by molar-refractivity contribution is 5.98. The highest BCUT2D eigenvalue weighted by Gasteiger charge is 2.24. The first kappa shape index (κ1) is 17.4. The van der Waals surface area contributed by atoms with Crippen LogP contribution >= 0.6 is 0 Å². The molecule has 0 bridgehead atoms. The third-order valence-corrected chi connectivity index (χ3v) is 4.28. The number of hydrogen-bond acceptors (Lipinski definition) is 5. The maximum atomic E-state index is 13.0. The number of nitrogens with one attached hydrogen (secondary N) is 1. The summed E-state index contributed by atoms with van der Waals surface area (Å²) in [5.41, 5.74) is 2.72. The predicted octanol–water partition coefficient (Wildman–Crippen LogP) is 2.16. The number of likely N-dealkylation sites (N-methyl/N-ethyl adjacent to an activating group) is 1. The molecule has 0 saturated carbocycles. The van der Waals surface area contributed by atoms with Crippen LogP contribution in [0.3, 0.4) is 0 Å². The van der Waals surface area contributed by atoms with E-state index >= 15 is 0 Å². The van der Waals surface area contributed by atoms with Crippen LogP contribution in [0.25, 0.3) is 0 Å². The molecular formula is C19H24N4O2. The molecule has 1 fully saturated rings. The molecule has 1 aliphatic rings.